The van der Waals surface area contributed by atoms with E-state index in [1.165, 1.54) is 0 Å². The van der Waals surface area contributed by atoms with Crippen molar-refractivity contribution in [3.05, 3.63) is 0 Å². The topological polar surface area (TPSA) is 78.9 Å². The number of hydrogen-bond donors (Lipinski definition) is 2. The Balaban J connectivity index is 2.54. The van der Waals surface area contributed by atoms with Crippen LogP contribution in [0.3, 0.4) is 0 Å². The van der Waals surface area contributed by atoms with Crippen LogP contribution in [0.5, 0.6) is 0 Å². The smallest absolute Gasteiger partial charge is 0.326 e. The molecule has 6 nitrogen and oxygen atoms in total. The van der Waals surface area contributed by atoms with Gasteiger partial charge in [0.2, 0.25) is 0 Å². The van der Waals surface area contributed by atoms with Crippen molar-refractivity contribution < 1.29 is 19.4 Å². The molecular formula is C11H20N2O4. The van der Waals surface area contributed by atoms with E-state index in [9.17, 15) is 9.59 Å². The highest BCUT2D eigenvalue weighted by Crippen LogP contribution is 2.10. The van der Waals surface area contributed by atoms with Crippen molar-refractivity contribution in [1.82, 2.24) is 10.2 Å². The number of hydrogen-bond acceptors (Lipinski definition) is 3. The average molecular weight is 244 g/mol. The first-order valence-electron chi connectivity index (χ1n) is 5.87. The van der Waals surface area contributed by atoms with Gasteiger partial charge in [-0.2, -0.15) is 0 Å². The number of nitrogens with one attached hydrogen (secondary N) is 1. The minimum Gasteiger partial charge on any atom is -0.480 e. The van der Waals surface area contributed by atoms with Crippen LogP contribution in [0.1, 0.15) is 27.2 Å². The van der Waals surface area contributed by atoms with Crippen molar-refractivity contribution in [3.63, 3.8) is 0 Å². The Kier molecular flexibility index (Phi) is 4.74. The van der Waals surface area contributed by atoms with E-state index in [-0.39, 0.29) is 18.2 Å². The highest BCUT2D eigenvalue weighted by Gasteiger charge is 2.28. The number of nitrogens with zero attached hydrogens (tertiary/aromatic N) is 1. The van der Waals surface area contributed by atoms with Crippen molar-refractivity contribution in [2.24, 2.45) is 0 Å². The molecule has 3 atom stereocenters. The van der Waals surface area contributed by atoms with Gasteiger partial charge in [-0.25, -0.2) is 9.59 Å². The molecule has 0 radical (unpaired) electrons. The van der Waals surface area contributed by atoms with Crippen LogP contribution in [0.2, 0.25) is 0 Å². The summed E-state index contributed by atoms with van der Waals surface area (Å²) >= 11 is 0. The lowest BCUT2D eigenvalue weighted by atomic mass is 10.2. The Morgan fingerprint density at radius 1 is 1.41 bits per heavy atom. The Bertz CT molecular complexity index is 285. The molecule has 0 bridgehead atoms. The lowest BCUT2D eigenvalue weighted by molar-refractivity contribution is -0.139. The van der Waals surface area contributed by atoms with E-state index in [1.54, 1.807) is 11.8 Å². The standard InChI is InChI=1S/C11H20N2O4/c1-4-9(10(14)15)12-11(16)13-5-7(2)17-8(3)6-13/h7-9H,4-6H2,1-3H3,(H,12,16)(H,14,15). The average Bonchev–Trinajstić information content (AvgIpc) is 2.23. The van der Waals surface area contributed by atoms with Crippen LogP contribution in [0.15, 0.2) is 0 Å². The van der Waals surface area contributed by atoms with Crippen LogP contribution in [-0.4, -0.2) is 53.3 Å². The maximum atomic E-state index is 11.9. The van der Waals surface area contributed by atoms with Crippen molar-refractivity contribution in [3.8, 4) is 0 Å². The molecule has 3 unspecified atom stereocenters. The van der Waals surface area contributed by atoms with Gasteiger partial charge in [-0.15, -0.1) is 0 Å². The molecule has 0 aliphatic carbocycles. The van der Waals surface area contributed by atoms with E-state index in [1.807, 2.05) is 13.8 Å². The summed E-state index contributed by atoms with van der Waals surface area (Å²) in [6.07, 6.45) is 0.333. The molecule has 1 aliphatic heterocycles. The first kappa shape index (κ1) is 13.8. The molecule has 6 heteroatoms. The minimum absolute atomic E-state index is 0.0191. The molecule has 1 rings (SSSR count). The molecule has 2 amide bonds. The molecule has 17 heavy (non-hydrogen) atoms. The molecule has 0 aromatic heterocycles. The third kappa shape index (κ3) is 3.89. The van der Waals surface area contributed by atoms with E-state index in [0.29, 0.717) is 19.5 Å². The van der Waals surface area contributed by atoms with Gasteiger partial charge in [0.1, 0.15) is 6.04 Å². The van der Waals surface area contributed by atoms with Gasteiger partial charge in [-0.3, -0.25) is 0 Å². The lowest BCUT2D eigenvalue weighted by Gasteiger charge is -2.35. The maximum absolute atomic E-state index is 11.9. The number of amides is 2. The second-order valence-electron chi connectivity index (χ2n) is 4.41. The SMILES string of the molecule is CCC(NC(=O)N1CC(C)OC(C)C1)C(=O)O. The Hall–Kier alpha value is -1.30. The van der Waals surface area contributed by atoms with Gasteiger partial charge in [-0.1, -0.05) is 6.92 Å². The van der Waals surface area contributed by atoms with Crippen LogP contribution >= 0.6 is 0 Å². The van der Waals surface area contributed by atoms with Gasteiger partial charge < -0.3 is 20.1 Å². The van der Waals surface area contributed by atoms with E-state index in [2.05, 4.69) is 5.32 Å². The second-order valence-corrected chi connectivity index (χ2v) is 4.41. The molecule has 1 heterocycles. The number of carbonyl (C=O) groups excluding carboxylic acids is 1. The van der Waals surface area contributed by atoms with Gasteiger partial charge >= 0.3 is 12.0 Å². The summed E-state index contributed by atoms with van der Waals surface area (Å²) in [4.78, 5) is 24.3. The largest absolute Gasteiger partial charge is 0.480 e. The number of rotatable bonds is 3. The zero-order valence-electron chi connectivity index (χ0n) is 10.5. The summed E-state index contributed by atoms with van der Waals surface area (Å²) < 4.78 is 5.51. The van der Waals surface area contributed by atoms with Crippen LogP contribution in [-0.2, 0) is 9.53 Å². The van der Waals surface area contributed by atoms with Crippen LogP contribution < -0.4 is 5.32 Å². The van der Waals surface area contributed by atoms with Gasteiger partial charge in [0.15, 0.2) is 0 Å². The molecule has 98 valence electrons. The molecule has 1 saturated heterocycles. The first-order chi connectivity index (χ1) is 7.93. The summed E-state index contributed by atoms with van der Waals surface area (Å²) in [6, 6.07) is -1.16. The second kappa shape index (κ2) is 5.86. The number of urea groups is 1. The quantitative estimate of drug-likeness (QED) is 0.764. The molecule has 0 aromatic carbocycles. The third-order valence-electron chi connectivity index (χ3n) is 2.71. The number of aliphatic carboxylic acids is 1. The molecule has 1 aliphatic rings. The molecule has 2 N–H and O–H groups in total. The normalized spacial score (nSPS) is 26.4. The number of carbonyl (C=O) groups is 2. The van der Waals surface area contributed by atoms with Crippen molar-refractivity contribution in [2.45, 2.75) is 45.4 Å². The maximum Gasteiger partial charge on any atom is 0.326 e. The summed E-state index contributed by atoms with van der Waals surface area (Å²) in [5, 5.41) is 11.4. The molecule has 1 fully saturated rings. The fraction of sp³-hybridized carbons (Fsp3) is 0.818. The first-order valence-corrected chi connectivity index (χ1v) is 5.87. The van der Waals surface area contributed by atoms with Gasteiger partial charge in [-0.05, 0) is 20.3 Å². The summed E-state index contributed by atoms with van der Waals surface area (Å²) in [5.74, 6) is -1.00. The van der Waals surface area contributed by atoms with E-state index >= 15 is 0 Å². The highest BCUT2D eigenvalue weighted by atomic mass is 16.5. The molecular weight excluding hydrogens is 224 g/mol. The third-order valence-corrected chi connectivity index (χ3v) is 2.71. The van der Waals surface area contributed by atoms with Gasteiger partial charge in [0, 0.05) is 13.1 Å². The fourth-order valence-corrected chi connectivity index (χ4v) is 1.92. The number of morpholine rings is 1. The minimum atomic E-state index is -1.00. The van der Waals surface area contributed by atoms with Crippen LogP contribution in [0.25, 0.3) is 0 Å². The lowest BCUT2D eigenvalue weighted by Crippen LogP contribution is -2.54. The van der Waals surface area contributed by atoms with Crippen LogP contribution in [0, 0.1) is 0 Å². The van der Waals surface area contributed by atoms with E-state index in [4.69, 9.17) is 9.84 Å². The monoisotopic (exact) mass is 244 g/mol. The van der Waals surface area contributed by atoms with Gasteiger partial charge in [0.25, 0.3) is 0 Å². The zero-order chi connectivity index (χ0) is 13.0. The van der Waals surface area contributed by atoms with Crippen molar-refractivity contribution >= 4 is 12.0 Å². The molecule has 0 spiro atoms. The van der Waals surface area contributed by atoms with E-state index in [0.717, 1.165) is 0 Å². The predicted octanol–water partition coefficient (Wildman–Crippen LogP) is 0.668. The molecule has 0 aromatic rings. The zero-order valence-corrected chi connectivity index (χ0v) is 10.5. The van der Waals surface area contributed by atoms with E-state index < -0.39 is 12.0 Å². The van der Waals surface area contributed by atoms with Crippen LogP contribution in [0.4, 0.5) is 4.79 Å². The number of carboxylic acids is 1. The molecule has 0 saturated carbocycles. The summed E-state index contributed by atoms with van der Waals surface area (Å²) in [5.41, 5.74) is 0. The van der Waals surface area contributed by atoms with Crippen molar-refractivity contribution in [2.75, 3.05) is 13.1 Å². The summed E-state index contributed by atoms with van der Waals surface area (Å²) in [7, 11) is 0. The highest BCUT2D eigenvalue weighted by molar-refractivity contribution is 5.82. The predicted molar refractivity (Wildman–Crippen MR) is 61.8 cm³/mol. The van der Waals surface area contributed by atoms with Crippen molar-refractivity contribution in [1.29, 1.82) is 0 Å². The summed E-state index contributed by atoms with van der Waals surface area (Å²) in [6.45, 7) is 6.50. The number of ether oxygens (including phenoxy) is 1. The Morgan fingerprint density at radius 3 is 2.35 bits per heavy atom. The fourth-order valence-electron chi connectivity index (χ4n) is 1.92. The number of carboxylic acid groups (broad SMARTS) is 1. The van der Waals surface area contributed by atoms with Gasteiger partial charge in [0.05, 0.1) is 12.2 Å². The Morgan fingerprint density at radius 2 is 1.94 bits per heavy atom. The Labute approximate surface area is 101 Å².